The van der Waals surface area contributed by atoms with E-state index in [0.717, 1.165) is 22.4 Å². The molecule has 6 heteroatoms. The van der Waals surface area contributed by atoms with Crippen molar-refractivity contribution in [2.24, 2.45) is 5.92 Å². The second-order valence-electron chi connectivity index (χ2n) is 9.46. The zero-order valence-electron chi connectivity index (χ0n) is 19.3. The summed E-state index contributed by atoms with van der Waals surface area (Å²) in [5, 5.41) is 3.33. The van der Waals surface area contributed by atoms with Gasteiger partial charge in [0.1, 0.15) is 5.41 Å². The number of nitrogens with one attached hydrogen (secondary N) is 1. The predicted octanol–water partition coefficient (Wildman–Crippen LogP) is 5.29. The minimum atomic E-state index is -1.29. The molecule has 3 aromatic rings. The van der Waals surface area contributed by atoms with Gasteiger partial charge in [-0.3, -0.25) is 14.4 Å². The van der Waals surface area contributed by atoms with Crippen molar-refractivity contribution in [3.63, 3.8) is 0 Å². The molecule has 0 saturated carbocycles. The number of fused-ring (bicyclic) bond motifs is 6. The summed E-state index contributed by atoms with van der Waals surface area (Å²) in [6.07, 6.45) is 2.04. The number of ketones is 2. The third-order valence-electron chi connectivity index (χ3n) is 7.72. The second kappa shape index (κ2) is 7.65. The lowest BCUT2D eigenvalue weighted by molar-refractivity contribution is -0.122. The maximum Gasteiger partial charge on any atom is 0.238 e. The predicted molar refractivity (Wildman–Crippen MR) is 137 cm³/mol. The molecule has 3 heterocycles. The van der Waals surface area contributed by atoms with E-state index in [1.807, 2.05) is 66.4 Å². The van der Waals surface area contributed by atoms with Crippen LogP contribution in [0.25, 0.3) is 5.57 Å². The molecule has 1 amide bonds. The average molecular weight is 483 g/mol. The largest absolute Gasteiger partial charge is 0.352 e. The number of amides is 1. The number of rotatable bonds is 3. The van der Waals surface area contributed by atoms with Gasteiger partial charge in [0.05, 0.1) is 23.0 Å². The van der Waals surface area contributed by atoms with E-state index in [-0.39, 0.29) is 17.5 Å². The highest BCUT2D eigenvalue weighted by molar-refractivity contribution is 6.34. The van der Waals surface area contributed by atoms with Gasteiger partial charge in [0, 0.05) is 22.5 Å². The number of para-hydroxylation sites is 2. The van der Waals surface area contributed by atoms with Crippen molar-refractivity contribution in [2.45, 2.75) is 31.3 Å². The number of carbonyl (C=O) groups is 3. The Morgan fingerprint density at radius 1 is 0.971 bits per heavy atom. The highest BCUT2D eigenvalue weighted by atomic mass is 35.5. The molecule has 3 aliphatic rings. The SMILES string of the molecule is CC(=O)C1C(C(=O)c2ccccc2Cl)C2(C(=O)Nc3ccccc32)C2C=C(C)c3ccccc3N12. The van der Waals surface area contributed by atoms with Gasteiger partial charge < -0.3 is 10.2 Å². The third kappa shape index (κ3) is 2.79. The third-order valence-corrected chi connectivity index (χ3v) is 8.05. The maximum atomic E-state index is 14.4. The molecular formula is C29H23ClN2O3. The molecule has 3 aromatic carbocycles. The number of Topliss-reactive ketones (excluding diaryl/α,β-unsaturated/α-hetero) is 2. The minimum Gasteiger partial charge on any atom is -0.352 e. The van der Waals surface area contributed by atoms with Crippen LogP contribution < -0.4 is 10.2 Å². The first-order valence-corrected chi connectivity index (χ1v) is 12.0. The van der Waals surface area contributed by atoms with Gasteiger partial charge in [-0.25, -0.2) is 0 Å². The molecule has 0 aromatic heterocycles. The number of carbonyl (C=O) groups excluding carboxylic acids is 3. The first-order valence-electron chi connectivity index (χ1n) is 11.6. The first kappa shape index (κ1) is 21.8. The molecule has 1 N–H and O–H groups in total. The molecule has 0 aliphatic carbocycles. The van der Waals surface area contributed by atoms with Gasteiger partial charge in [-0.1, -0.05) is 66.2 Å². The summed E-state index contributed by atoms with van der Waals surface area (Å²) in [4.78, 5) is 43.8. The topological polar surface area (TPSA) is 66.5 Å². The van der Waals surface area contributed by atoms with Gasteiger partial charge in [-0.05, 0) is 49.2 Å². The minimum absolute atomic E-state index is 0.169. The van der Waals surface area contributed by atoms with E-state index in [1.54, 1.807) is 24.3 Å². The lowest BCUT2D eigenvalue weighted by Crippen LogP contribution is -2.51. The van der Waals surface area contributed by atoms with E-state index in [4.69, 9.17) is 11.6 Å². The van der Waals surface area contributed by atoms with E-state index >= 15 is 0 Å². The van der Waals surface area contributed by atoms with Crippen LogP contribution in [0, 0.1) is 5.92 Å². The van der Waals surface area contributed by atoms with Crippen molar-refractivity contribution in [3.05, 3.63) is 101 Å². The maximum absolute atomic E-state index is 14.4. The van der Waals surface area contributed by atoms with Crippen LogP contribution in [0.15, 0.2) is 78.9 Å². The van der Waals surface area contributed by atoms with Crippen molar-refractivity contribution in [1.29, 1.82) is 0 Å². The number of hydrogen-bond donors (Lipinski definition) is 1. The fourth-order valence-corrected chi connectivity index (χ4v) is 6.60. The van der Waals surface area contributed by atoms with Crippen LogP contribution in [0.3, 0.4) is 0 Å². The molecule has 1 spiro atoms. The summed E-state index contributed by atoms with van der Waals surface area (Å²) in [5.41, 5.74) is 3.27. The van der Waals surface area contributed by atoms with Crippen LogP contribution in [0.5, 0.6) is 0 Å². The van der Waals surface area contributed by atoms with Gasteiger partial charge in [0.25, 0.3) is 0 Å². The lowest BCUT2D eigenvalue weighted by atomic mass is 9.64. The van der Waals surface area contributed by atoms with Crippen LogP contribution in [0.1, 0.15) is 35.3 Å². The molecular weight excluding hydrogens is 460 g/mol. The monoisotopic (exact) mass is 482 g/mol. The van der Waals surface area contributed by atoms with Crippen LogP contribution in [0.2, 0.25) is 5.02 Å². The van der Waals surface area contributed by atoms with Gasteiger partial charge in [-0.15, -0.1) is 0 Å². The van der Waals surface area contributed by atoms with Crippen LogP contribution in [-0.2, 0) is 15.0 Å². The fraction of sp³-hybridized carbons (Fsp3) is 0.207. The fourth-order valence-electron chi connectivity index (χ4n) is 6.37. The molecule has 5 nitrogen and oxygen atoms in total. The van der Waals surface area contributed by atoms with E-state index < -0.39 is 23.4 Å². The van der Waals surface area contributed by atoms with Gasteiger partial charge in [0.15, 0.2) is 11.6 Å². The Kier molecular flexibility index (Phi) is 4.77. The van der Waals surface area contributed by atoms with E-state index in [9.17, 15) is 14.4 Å². The summed E-state index contributed by atoms with van der Waals surface area (Å²) in [6, 6.07) is 20.8. The number of anilines is 2. The zero-order chi connectivity index (χ0) is 24.5. The molecule has 174 valence electrons. The summed E-state index contributed by atoms with van der Waals surface area (Å²) < 4.78 is 0. The van der Waals surface area contributed by atoms with Gasteiger partial charge in [0.2, 0.25) is 5.91 Å². The highest BCUT2D eigenvalue weighted by Crippen LogP contribution is 2.58. The van der Waals surface area contributed by atoms with Crippen molar-refractivity contribution in [1.82, 2.24) is 0 Å². The van der Waals surface area contributed by atoms with Crippen LogP contribution >= 0.6 is 11.6 Å². The number of nitrogens with zero attached hydrogens (tertiary/aromatic N) is 1. The van der Waals surface area contributed by atoms with Gasteiger partial charge >= 0.3 is 0 Å². The molecule has 1 fully saturated rings. The summed E-state index contributed by atoms with van der Waals surface area (Å²) in [6.45, 7) is 3.51. The number of halogens is 1. The Labute approximate surface area is 208 Å². The van der Waals surface area contributed by atoms with E-state index in [0.29, 0.717) is 16.3 Å². The lowest BCUT2D eigenvalue weighted by Gasteiger charge is -2.39. The molecule has 1 saturated heterocycles. The molecule has 4 atom stereocenters. The summed E-state index contributed by atoms with van der Waals surface area (Å²) >= 11 is 6.48. The normalized spacial score (nSPS) is 26.0. The van der Waals surface area contributed by atoms with E-state index in [1.165, 1.54) is 6.92 Å². The number of allylic oxidation sites excluding steroid dienone is 1. The summed E-state index contributed by atoms with van der Waals surface area (Å²) in [7, 11) is 0. The average Bonchev–Trinajstić information content (AvgIpc) is 3.32. The van der Waals surface area contributed by atoms with Crippen LogP contribution in [-0.4, -0.2) is 29.6 Å². The Hall–Kier alpha value is -3.70. The molecule has 4 unspecified atom stereocenters. The Morgan fingerprint density at radius 3 is 2.43 bits per heavy atom. The number of benzene rings is 3. The second-order valence-corrected chi connectivity index (χ2v) is 9.87. The zero-order valence-corrected chi connectivity index (χ0v) is 20.0. The van der Waals surface area contributed by atoms with Gasteiger partial charge in [-0.2, -0.15) is 0 Å². The number of hydrogen-bond acceptors (Lipinski definition) is 4. The Bertz CT molecular complexity index is 1460. The molecule has 0 bridgehead atoms. The Balaban J connectivity index is 1.70. The van der Waals surface area contributed by atoms with Crippen molar-refractivity contribution < 1.29 is 14.4 Å². The summed E-state index contributed by atoms with van der Waals surface area (Å²) in [5.74, 6) is -1.71. The quantitative estimate of drug-likeness (QED) is 0.515. The van der Waals surface area contributed by atoms with Crippen molar-refractivity contribution >= 4 is 46.0 Å². The van der Waals surface area contributed by atoms with Crippen molar-refractivity contribution in [3.8, 4) is 0 Å². The molecule has 6 rings (SSSR count). The standard InChI is InChI=1S/C29H23ClN2O3/c1-16-15-24-29(20-11-5-7-13-22(20)31-28(29)35)25(27(34)19-10-3-6-12-21(19)30)26(17(2)33)32(24)23-14-8-4-9-18(16)23/h3-15,24-26H,1-2H3,(H,31,35). The Morgan fingerprint density at radius 2 is 1.66 bits per heavy atom. The molecule has 3 aliphatic heterocycles. The van der Waals surface area contributed by atoms with Crippen LogP contribution in [0.4, 0.5) is 11.4 Å². The molecule has 0 radical (unpaired) electrons. The van der Waals surface area contributed by atoms with E-state index in [2.05, 4.69) is 5.32 Å². The first-order chi connectivity index (χ1) is 16.9. The highest BCUT2D eigenvalue weighted by Gasteiger charge is 2.70. The molecule has 35 heavy (non-hydrogen) atoms. The van der Waals surface area contributed by atoms with Crippen molar-refractivity contribution in [2.75, 3.05) is 10.2 Å². The smallest absolute Gasteiger partial charge is 0.238 e.